The summed E-state index contributed by atoms with van der Waals surface area (Å²) in [7, 11) is 0. The molecule has 1 fully saturated rings. The number of rotatable bonds is 7. The maximum absolute atomic E-state index is 11.9. The van der Waals surface area contributed by atoms with Gasteiger partial charge in [-0.25, -0.2) is 0 Å². The van der Waals surface area contributed by atoms with Gasteiger partial charge in [-0.1, -0.05) is 29.8 Å². The minimum Gasteiger partial charge on any atom is -0.332 e. The summed E-state index contributed by atoms with van der Waals surface area (Å²) in [5.41, 5.74) is 0. The Bertz CT molecular complexity index is 297. The number of amides is 2. The second-order valence-corrected chi connectivity index (χ2v) is 5.80. The van der Waals surface area contributed by atoms with Crippen LogP contribution in [0.2, 0.25) is 0 Å². The molecule has 4 nitrogen and oxygen atoms in total. The summed E-state index contributed by atoms with van der Waals surface area (Å²) in [5.74, 6) is 0.764. The first-order valence-electron chi connectivity index (χ1n) is 6.70. The van der Waals surface area contributed by atoms with Crippen LogP contribution in [0.5, 0.6) is 0 Å². The van der Waals surface area contributed by atoms with Gasteiger partial charge in [-0.3, -0.25) is 9.59 Å². The fourth-order valence-electron chi connectivity index (χ4n) is 2.09. The zero-order valence-corrected chi connectivity index (χ0v) is 12.9. The molecular formula is C13H23BrN2O2. The van der Waals surface area contributed by atoms with Gasteiger partial charge in [0.25, 0.3) is 0 Å². The average molecular weight is 319 g/mol. The number of hydrogen-bond donors (Lipinski definition) is 0. The normalized spacial score (nSPS) is 18.4. The Morgan fingerprint density at radius 2 is 1.67 bits per heavy atom. The first-order valence-corrected chi connectivity index (χ1v) is 7.82. The summed E-state index contributed by atoms with van der Waals surface area (Å²) in [5, 5.41) is 0.991. The van der Waals surface area contributed by atoms with Gasteiger partial charge in [-0.15, -0.1) is 0 Å². The number of nitrogens with zero attached hydrogens (tertiary/aromatic N) is 2. The van der Waals surface area contributed by atoms with E-state index in [9.17, 15) is 9.59 Å². The van der Waals surface area contributed by atoms with Crippen molar-refractivity contribution < 1.29 is 9.59 Å². The maximum Gasteiger partial charge on any atom is 0.242 e. The van der Waals surface area contributed by atoms with E-state index in [4.69, 9.17) is 0 Å². The summed E-state index contributed by atoms with van der Waals surface area (Å²) >= 11 is 3.42. The number of carbonyl (C=O) groups excluding carboxylic acids is 2. The molecule has 0 saturated carbocycles. The second kappa shape index (κ2) is 7.77. The highest BCUT2D eigenvalue weighted by molar-refractivity contribution is 9.09. The standard InChI is InChI=1S/C13H23BrN2O2/c1-3-7-15-9-13(18)16(10-12(15)17)8-5-11(2)4-6-14/h11H,3-10H2,1-2H3. The van der Waals surface area contributed by atoms with Crippen molar-refractivity contribution >= 4 is 27.7 Å². The molecule has 0 aromatic carbocycles. The van der Waals surface area contributed by atoms with Gasteiger partial charge in [0, 0.05) is 18.4 Å². The van der Waals surface area contributed by atoms with Gasteiger partial charge >= 0.3 is 0 Å². The molecule has 5 heteroatoms. The Hall–Kier alpha value is -0.580. The van der Waals surface area contributed by atoms with Crippen molar-refractivity contribution in [2.24, 2.45) is 5.92 Å². The van der Waals surface area contributed by atoms with Crippen molar-refractivity contribution in [2.45, 2.75) is 33.1 Å². The molecule has 1 unspecified atom stereocenters. The highest BCUT2D eigenvalue weighted by atomic mass is 79.9. The number of hydrogen-bond acceptors (Lipinski definition) is 2. The minimum absolute atomic E-state index is 0.0876. The van der Waals surface area contributed by atoms with Gasteiger partial charge in [-0.2, -0.15) is 0 Å². The number of carbonyl (C=O) groups is 2. The van der Waals surface area contributed by atoms with E-state index < -0.39 is 0 Å². The second-order valence-electron chi connectivity index (χ2n) is 5.00. The summed E-state index contributed by atoms with van der Waals surface area (Å²) in [6, 6.07) is 0. The number of alkyl halides is 1. The van der Waals surface area contributed by atoms with Crippen molar-refractivity contribution in [1.82, 2.24) is 9.80 Å². The average Bonchev–Trinajstić information content (AvgIpc) is 2.32. The lowest BCUT2D eigenvalue weighted by Crippen LogP contribution is -2.54. The van der Waals surface area contributed by atoms with Gasteiger partial charge in [0.05, 0.1) is 13.1 Å². The van der Waals surface area contributed by atoms with E-state index in [1.165, 1.54) is 0 Å². The minimum atomic E-state index is 0.0876. The van der Waals surface area contributed by atoms with Gasteiger partial charge in [0.15, 0.2) is 0 Å². The third-order valence-electron chi connectivity index (χ3n) is 3.34. The topological polar surface area (TPSA) is 40.6 Å². The Labute approximate surface area is 118 Å². The van der Waals surface area contributed by atoms with E-state index in [1.807, 2.05) is 6.92 Å². The highest BCUT2D eigenvalue weighted by Crippen LogP contribution is 2.12. The van der Waals surface area contributed by atoms with Crippen LogP contribution in [0.4, 0.5) is 0 Å². The van der Waals surface area contributed by atoms with Gasteiger partial charge in [0.2, 0.25) is 11.8 Å². The lowest BCUT2D eigenvalue weighted by atomic mass is 10.0. The molecule has 104 valence electrons. The molecule has 1 atom stereocenters. The molecule has 0 N–H and O–H groups in total. The van der Waals surface area contributed by atoms with Gasteiger partial charge in [-0.05, 0) is 25.2 Å². The molecule has 0 bridgehead atoms. The van der Waals surface area contributed by atoms with Crippen molar-refractivity contribution in [3.8, 4) is 0 Å². The SMILES string of the molecule is CCCN1CC(=O)N(CCC(C)CCBr)CC1=O. The monoisotopic (exact) mass is 318 g/mol. The molecule has 1 heterocycles. The largest absolute Gasteiger partial charge is 0.332 e. The van der Waals surface area contributed by atoms with Crippen molar-refractivity contribution in [2.75, 3.05) is 31.5 Å². The third kappa shape index (κ3) is 4.59. The van der Waals surface area contributed by atoms with Crippen molar-refractivity contribution in [1.29, 1.82) is 0 Å². The maximum atomic E-state index is 11.9. The summed E-state index contributed by atoms with van der Waals surface area (Å²) < 4.78 is 0. The Balaban J connectivity index is 2.40. The molecule has 18 heavy (non-hydrogen) atoms. The molecular weight excluding hydrogens is 296 g/mol. The molecule has 1 aliphatic rings. The number of piperazine rings is 1. The van der Waals surface area contributed by atoms with Crippen LogP contribution in [-0.2, 0) is 9.59 Å². The summed E-state index contributed by atoms with van der Waals surface area (Å²) in [4.78, 5) is 27.1. The molecule has 2 amide bonds. The van der Waals surface area contributed by atoms with Gasteiger partial charge < -0.3 is 9.80 Å². The highest BCUT2D eigenvalue weighted by Gasteiger charge is 2.28. The first-order chi connectivity index (χ1) is 8.58. The smallest absolute Gasteiger partial charge is 0.242 e. The van der Waals surface area contributed by atoms with Crippen LogP contribution in [0, 0.1) is 5.92 Å². The van der Waals surface area contributed by atoms with Crippen LogP contribution in [0.15, 0.2) is 0 Å². The Morgan fingerprint density at radius 1 is 1.11 bits per heavy atom. The van der Waals surface area contributed by atoms with E-state index in [-0.39, 0.29) is 24.9 Å². The van der Waals surface area contributed by atoms with Crippen LogP contribution in [0.1, 0.15) is 33.1 Å². The predicted molar refractivity (Wildman–Crippen MR) is 75.6 cm³/mol. The molecule has 1 rings (SSSR count). The van der Waals surface area contributed by atoms with Crippen LogP contribution < -0.4 is 0 Å². The van der Waals surface area contributed by atoms with E-state index >= 15 is 0 Å². The van der Waals surface area contributed by atoms with E-state index in [0.29, 0.717) is 19.0 Å². The molecule has 0 spiro atoms. The van der Waals surface area contributed by atoms with E-state index in [2.05, 4.69) is 22.9 Å². The third-order valence-corrected chi connectivity index (χ3v) is 3.80. The molecule has 0 aromatic rings. The van der Waals surface area contributed by atoms with Gasteiger partial charge in [0.1, 0.15) is 0 Å². The van der Waals surface area contributed by atoms with Crippen LogP contribution >= 0.6 is 15.9 Å². The summed E-state index contributed by atoms with van der Waals surface area (Å²) in [6.45, 7) is 6.13. The van der Waals surface area contributed by atoms with E-state index in [0.717, 1.165) is 24.6 Å². The zero-order valence-electron chi connectivity index (χ0n) is 11.3. The first kappa shape index (κ1) is 15.5. The van der Waals surface area contributed by atoms with Crippen molar-refractivity contribution in [3.63, 3.8) is 0 Å². The Morgan fingerprint density at radius 3 is 2.17 bits per heavy atom. The van der Waals surface area contributed by atoms with E-state index in [1.54, 1.807) is 9.80 Å². The molecule has 0 aromatic heterocycles. The lowest BCUT2D eigenvalue weighted by molar-refractivity contribution is -0.150. The van der Waals surface area contributed by atoms with Crippen molar-refractivity contribution in [3.05, 3.63) is 0 Å². The fourth-order valence-corrected chi connectivity index (χ4v) is 2.87. The molecule has 0 radical (unpaired) electrons. The molecule has 1 aliphatic heterocycles. The summed E-state index contributed by atoms with van der Waals surface area (Å²) in [6.07, 6.45) is 2.98. The van der Waals surface area contributed by atoms with Crippen LogP contribution in [0.3, 0.4) is 0 Å². The lowest BCUT2D eigenvalue weighted by Gasteiger charge is -2.34. The van der Waals surface area contributed by atoms with Crippen LogP contribution in [0.25, 0.3) is 0 Å². The molecule has 1 saturated heterocycles. The van der Waals surface area contributed by atoms with Crippen LogP contribution in [-0.4, -0.2) is 53.1 Å². The quantitative estimate of drug-likeness (QED) is 0.672. The molecule has 0 aliphatic carbocycles. The number of halogens is 1. The zero-order chi connectivity index (χ0) is 13.5. The Kier molecular flexibility index (Phi) is 6.68. The fraction of sp³-hybridized carbons (Fsp3) is 0.846. The predicted octanol–water partition coefficient (Wildman–Crippen LogP) is 1.88.